The molecule has 0 aliphatic carbocycles. The zero-order chi connectivity index (χ0) is 8.81. The maximum atomic E-state index is 9.22. The molecule has 1 rings (SSSR count). The lowest BCUT2D eigenvalue weighted by Crippen LogP contribution is -2.25. The van der Waals surface area contributed by atoms with Gasteiger partial charge in [0.1, 0.15) is 6.23 Å². The zero-order valence-corrected chi connectivity index (χ0v) is 7.64. The van der Waals surface area contributed by atoms with E-state index in [9.17, 15) is 5.11 Å². The zero-order valence-electron chi connectivity index (χ0n) is 7.64. The molecule has 0 amide bonds. The fourth-order valence-electron chi connectivity index (χ4n) is 1.35. The van der Waals surface area contributed by atoms with E-state index in [-0.39, 0.29) is 6.23 Å². The van der Waals surface area contributed by atoms with Crippen LogP contribution in [0.2, 0.25) is 0 Å². The quantitative estimate of drug-likeness (QED) is 0.419. The van der Waals surface area contributed by atoms with Crippen molar-refractivity contribution >= 4 is 0 Å². The Morgan fingerprint density at radius 2 is 2.25 bits per heavy atom. The predicted molar refractivity (Wildman–Crippen MR) is 49.9 cm³/mol. The molecule has 1 fully saturated rings. The Labute approximate surface area is 73.9 Å². The van der Waals surface area contributed by atoms with Gasteiger partial charge in [-0.1, -0.05) is 11.6 Å². The summed E-state index contributed by atoms with van der Waals surface area (Å²) in [6.07, 6.45) is 4.77. The average Bonchev–Trinajstić information content (AvgIpc) is 2.16. The molecule has 0 saturated carbocycles. The number of piperidine rings is 1. The Bertz CT molecular complexity index is 149. The van der Waals surface area contributed by atoms with Crippen molar-refractivity contribution < 1.29 is 5.11 Å². The predicted octanol–water partition coefficient (Wildman–Crippen LogP) is 0.224. The fraction of sp³-hybridized carbons (Fsp3) is 0.778. The van der Waals surface area contributed by atoms with E-state index in [1.165, 1.54) is 5.57 Å². The molecular formula is C9H18N2O. The van der Waals surface area contributed by atoms with E-state index in [4.69, 9.17) is 0 Å². The van der Waals surface area contributed by atoms with Crippen LogP contribution in [0.3, 0.4) is 0 Å². The van der Waals surface area contributed by atoms with Gasteiger partial charge in [-0.15, -0.1) is 0 Å². The van der Waals surface area contributed by atoms with Crippen LogP contribution in [0.4, 0.5) is 0 Å². The smallest absolute Gasteiger partial charge is 0.108 e. The molecule has 0 radical (unpaired) electrons. The summed E-state index contributed by atoms with van der Waals surface area (Å²) in [6, 6.07) is 0. The number of nitrogens with one attached hydrogen (secondary N) is 2. The molecule has 70 valence electrons. The second kappa shape index (κ2) is 5.30. The van der Waals surface area contributed by atoms with Crippen LogP contribution in [0.15, 0.2) is 11.6 Å². The largest absolute Gasteiger partial charge is 0.378 e. The Balaban J connectivity index is 2.24. The summed E-state index contributed by atoms with van der Waals surface area (Å²) in [5.74, 6) is 0. The van der Waals surface area contributed by atoms with Crippen molar-refractivity contribution in [2.24, 2.45) is 0 Å². The standard InChI is InChI=1S/C9H18N2O/c1-10-9(12)3-2-8-4-6-11-7-5-8/h2,9-12H,3-7H2,1H3. The summed E-state index contributed by atoms with van der Waals surface area (Å²) < 4.78 is 0. The third-order valence-corrected chi connectivity index (χ3v) is 2.21. The van der Waals surface area contributed by atoms with Crippen molar-refractivity contribution in [1.29, 1.82) is 0 Å². The van der Waals surface area contributed by atoms with Crippen LogP contribution in [0.1, 0.15) is 19.3 Å². The van der Waals surface area contributed by atoms with Crippen molar-refractivity contribution in [1.82, 2.24) is 10.6 Å². The number of aliphatic hydroxyl groups is 1. The molecule has 1 heterocycles. The molecule has 0 bridgehead atoms. The molecule has 1 saturated heterocycles. The first-order valence-electron chi connectivity index (χ1n) is 4.57. The van der Waals surface area contributed by atoms with E-state index in [1.54, 1.807) is 7.05 Å². The average molecular weight is 170 g/mol. The summed E-state index contributed by atoms with van der Waals surface area (Å²) in [5.41, 5.74) is 1.48. The van der Waals surface area contributed by atoms with Crippen molar-refractivity contribution in [2.75, 3.05) is 20.1 Å². The SMILES string of the molecule is CNC(O)CC=C1CCNCC1. The van der Waals surface area contributed by atoms with E-state index >= 15 is 0 Å². The lowest BCUT2D eigenvalue weighted by Gasteiger charge is -2.15. The molecule has 12 heavy (non-hydrogen) atoms. The Kier molecular flexibility index (Phi) is 4.29. The Morgan fingerprint density at radius 1 is 1.58 bits per heavy atom. The summed E-state index contributed by atoms with van der Waals surface area (Å²) in [5, 5.41) is 15.3. The highest BCUT2D eigenvalue weighted by molar-refractivity contribution is 5.05. The second-order valence-corrected chi connectivity index (χ2v) is 3.15. The topological polar surface area (TPSA) is 44.3 Å². The summed E-state index contributed by atoms with van der Waals surface area (Å²) in [6.45, 7) is 2.17. The molecule has 1 unspecified atom stereocenters. The summed E-state index contributed by atoms with van der Waals surface area (Å²) in [7, 11) is 1.77. The van der Waals surface area contributed by atoms with Gasteiger partial charge >= 0.3 is 0 Å². The molecule has 3 heteroatoms. The minimum absolute atomic E-state index is 0.382. The molecule has 1 atom stereocenters. The summed E-state index contributed by atoms with van der Waals surface area (Å²) in [4.78, 5) is 0. The van der Waals surface area contributed by atoms with Crippen LogP contribution in [0, 0.1) is 0 Å². The lowest BCUT2D eigenvalue weighted by molar-refractivity contribution is 0.150. The number of rotatable bonds is 3. The molecule has 0 aromatic rings. The van der Waals surface area contributed by atoms with E-state index in [0.29, 0.717) is 0 Å². The third kappa shape index (κ3) is 3.34. The molecule has 0 spiro atoms. The van der Waals surface area contributed by atoms with Crippen molar-refractivity contribution in [3.63, 3.8) is 0 Å². The van der Waals surface area contributed by atoms with Gasteiger partial charge < -0.3 is 10.4 Å². The molecule has 1 aliphatic rings. The van der Waals surface area contributed by atoms with Gasteiger partial charge in [-0.05, 0) is 33.0 Å². The first-order valence-corrected chi connectivity index (χ1v) is 4.57. The fourth-order valence-corrected chi connectivity index (χ4v) is 1.35. The van der Waals surface area contributed by atoms with E-state index < -0.39 is 0 Å². The van der Waals surface area contributed by atoms with Crippen LogP contribution in [-0.4, -0.2) is 31.5 Å². The molecule has 3 N–H and O–H groups in total. The van der Waals surface area contributed by atoms with Gasteiger partial charge in [-0.2, -0.15) is 0 Å². The lowest BCUT2D eigenvalue weighted by atomic mass is 10.0. The van der Waals surface area contributed by atoms with Gasteiger partial charge in [-0.3, -0.25) is 5.32 Å². The van der Waals surface area contributed by atoms with Gasteiger partial charge in [0.2, 0.25) is 0 Å². The number of hydrogen-bond donors (Lipinski definition) is 3. The van der Waals surface area contributed by atoms with Crippen LogP contribution in [0.5, 0.6) is 0 Å². The van der Waals surface area contributed by atoms with E-state index in [0.717, 1.165) is 32.4 Å². The van der Waals surface area contributed by atoms with Gasteiger partial charge in [0.05, 0.1) is 0 Å². The molecule has 0 aromatic heterocycles. The van der Waals surface area contributed by atoms with Crippen LogP contribution < -0.4 is 10.6 Å². The van der Waals surface area contributed by atoms with E-state index in [1.807, 2.05) is 0 Å². The monoisotopic (exact) mass is 170 g/mol. The normalized spacial score (nSPS) is 20.7. The highest BCUT2D eigenvalue weighted by Crippen LogP contribution is 2.10. The first-order chi connectivity index (χ1) is 5.83. The molecule has 0 aromatic carbocycles. The molecular weight excluding hydrogens is 152 g/mol. The van der Waals surface area contributed by atoms with Crippen LogP contribution >= 0.6 is 0 Å². The van der Waals surface area contributed by atoms with E-state index in [2.05, 4.69) is 16.7 Å². The number of aliphatic hydroxyl groups excluding tert-OH is 1. The van der Waals surface area contributed by atoms with Crippen molar-refractivity contribution in [2.45, 2.75) is 25.5 Å². The highest BCUT2D eigenvalue weighted by atomic mass is 16.3. The van der Waals surface area contributed by atoms with Gasteiger partial charge in [0, 0.05) is 6.42 Å². The minimum atomic E-state index is -0.382. The molecule has 3 nitrogen and oxygen atoms in total. The maximum Gasteiger partial charge on any atom is 0.108 e. The highest BCUT2D eigenvalue weighted by Gasteiger charge is 2.04. The molecule has 1 aliphatic heterocycles. The Morgan fingerprint density at radius 3 is 2.83 bits per heavy atom. The number of hydrogen-bond acceptors (Lipinski definition) is 3. The van der Waals surface area contributed by atoms with Gasteiger partial charge in [0.15, 0.2) is 0 Å². The van der Waals surface area contributed by atoms with Crippen molar-refractivity contribution in [3.8, 4) is 0 Å². The van der Waals surface area contributed by atoms with Crippen LogP contribution in [-0.2, 0) is 0 Å². The van der Waals surface area contributed by atoms with Gasteiger partial charge in [-0.25, -0.2) is 0 Å². The van der Waals surface area contributed by atoms with Crippen LogP contribution in [0.25, 0.3) is 0 Å². The third-order valence-electron chi connectivity index (χ3n) is 2.21. The minimum Gasteiger partial charge on any atom is -0.378 e. The maximum absolute atomic E-state index is 9.22. The second-order valence-electron chi connectivity index (χ2n) is 3.15. The van der Waals surface area contributed by atoms with Crippen molar-refractivity contribution in [3.05, 3.63) is 11.6 Å². The van der Waals surface area contributed by atoms with Gasteiger partial charge in [0.25, 0.3) is 0 Å². The summed E-state index contributed by atoms with van der Waals surface area (Å²) >= 11 is 0. The Hall–Kier alpha value is -0.380. The first kappa shape index (κ1) is 9.71.